The number of benzene rings is 1. The highest BCUT2D eigenvalue weighted by atomic mass is 35.5. The van der Waals surface area contributed by atoms with Crippen LogP contribution in [0.3, 0.4) is 0 Å². The van der Waals surface area contributed by atoms with Gasteiger partial charge in [-0.2, -0.15) is 0 Å². The molecule has 1 aromatic carbocycles. The summed E-state index contributed by atoms with van der Waals surface area (Å²) in [7, 11) is 0. The highest BCUT2D eigenvalue weighted by Gasteiger charge is 2.04. The zero-order valence-corrected chi connectivity index (χ0v) is 9.77. The minimum absolute atomic E-state index is 0.0448. The third-order valence-corrected chi connectivity index (χ3v) is 2.66. The number of hydrogen-bond acceptors (Lipinski definition) is 0. The fourth-order valence-electron chi connectivity index (χ4n) is 0.972. The lowest BCUT2D eigenvalue weighted by Gasteiger charge is -2.02. The Hall–Kier alpha value is 0.120. The van der Waals surface area contributed by atoms with Crippen LogP contribution in [0, 0.1) is 6.92 Å². The van der Waals surface area contributed by atoms with Gasteiger partial charge in [-0.05, 0) is 30.2 Å². The quantitative estimate of drug-likeness (QED) is 0.663. The number of aryl methyl sites for hydroxylation is 1. The first-order chi connectivity index (χ1) is 6.00. The molecular weight excluding hydrogens is 250 g/mol. The summed E-state index contributed by atoms with van der Waals surface area (Å²) in [5.41, 5.74) is 1.74. The Kier molecular flexibility index (Phi) is 3.93. The molecule has 0 unspecified atom stereocenters. The van der Waals surface area contributed by atoms with Gasteiger partial charge in [-0.15, -0.1) is 0 Å². The minimum Gasteiger partial charge on any atom is -0.0843 e. The molecule has 0 spiro atoms. The molecule has 0 aliphatic rings. The van der Waals surface area contributed by atoms with E-state index in [0.29, 0.717) is 10.1 Å². The molecule has 0 aromatic heterocycles. The third kappa shape index (κ3) is 3.07. The maximum Gasteiger partial charge on any atom is 0.126 e. The molecule has 0 aliphatic carbocycles. The van der Waals surface area contributed by atoms with E-state index in [2.05, 4.69) is 0 Å². The van der Waals surface area contributed by atoms with Crippen LogP contribution in [-0.4, -0.2) is 0 Å². The maximum atomic E-state index is 5.84. The Bertz CT molecular complexity index is 330. The molecule has 0 amide bonds. The Labute approximate surface area is 97.0 Å². The minimum atomic E-state index is 0.0448. The fraction of sp³-hybridized carbons (Fsp3) is 0.111. The predicted molar refractivity (Wildman–Crippen MR) is 60.7 cm³/mol. The van der Waals surface area contributed by atoms with Crippen molar-refractivity contribution in [3.05, 3.63) is 38.8 Å². The van der Waals surface area contributed by atoms with Gasteiger partial charge in [-0.1, -0.05) is 52.5 Å². The van der Waals surface area contributed by atoms with Crippen molar-refractivity contribution < 1.29 is 0 Å². The monoisotopic (exact) mass is 254 g/mol. The van der Waals surface area contributed by atoms with Gasteiger partial charge in [0, 0.05) is 5.02 Å². The average Bonchev–Trinajstić information content (AvgIpc) is 2.01. The predicted octanol–water partition coefficient (Wildman–Crippen LogP) is 4.99. The maximum absolute atomic E-state index is 5.84. The van der Waals surface area contributed by atoms with Gasteiger partial charge in [-0.25, -0.2) is 0 Å². The summed E-state index contributed by atoms with van der Waals surface area (Å²) in [6.45, 7) is 1.92. The molecular formula is C9H6Cl4. The molecule has 0 N–H and O–H groups in total. The van der Waals surface area contributed by atoms with Gasteiger partial charge < -0.3 is 0 Å². The first-order valence-electron chi connectivity index (χ1n) is 3.49. The third-order valence-electron chi connectivity index (χ3n) is 1.46. The summed E-state index contributed by atoms with van der Waals surface area (Å²) < 4.78 is 0.0448. The van der Waals surface area contributed by atoms with Gasteiger partial charge in [0.1, 0.15) is 4.49 Å². The molecule has 1 rings (SSSR count). The molecule has 0 bridgehead atoms. The lowest BCUT2D eigenvalue weighted by molar-refractivity contribution is 1.46. The summed E-state index contributed by atoms with van der Waals surface area (Å²) in [5.74, 6) is 0. The highest BCUT2D eigenvalue weighted by Crippen LogP contribution is 2.30. The number of rotatable bonds is 1. The second-order valence-electron chi connectivity index (χ2n) is 2.59. The SMILES string of the molecule is Cc1cc(Cl)cc(C(Cl)=C(Cl)Cl)c1. The van der Waals surface area contributed by atoms with Crippen molar-refractivity contribution in [2.45, 2.75) is 6.92 Å². The van der Waals surface area contributed by atoms with Gasteiger partial charge in [0.25, 0.3) is 0 Å². The fourth-order valence-corrected chi connectivity index (χ4v) is 1.59. The lowest BCUT2D eigenvalue weighted by Crippen LogP contribution is -1.81. The molecule has 13 heavy (non-hydrogen) atoms. The molecule has 4 heteroatoms. The van der Waals surface area contributed by atoms with Crippen molar-refractivity contribution in [2.75, 3.05) is 0 Å². The van der Waals surface area contributed by atoms with E-state index in [1.54, 1.807) is 6.07 Å². The summed E-state index contributed by atoms with van der Waals surface area (Å²) >= 11 is 22.7. The molecule has 0 saturated carbocycles. The first-order valence-corrected chi connectivity index (χ1v) is 5.00. The van der Waals surface area contributed by atoms with Gasteiger partial charge in [0.15, 0.2) is 0 Å². The van der Waals surface area contributed by atoms with E-state index in [0.717, 1.165) is 11.1 Å². The summed E-state index contributed by atoms with van der Waals surface area (Å²) in [6, 6.07) is 5.40. The van der Waals surface area contributed by atoms with E-state index >= 15 is 0 Å². The van der Waals surface area contributed by atoms with Crippen LogP contribution in [0.2, 0.25) is 5.02 Å². The van der Waals surface area contributed by atoms with Crippen molar-refractivity contribution in [3.63, 3.8) is 0 Å². The van der Waals surface area contributed by atoms with Crippen molar-refractivity contribution in [1.29, 1.82) is 0 Å². The number of halogens is 4. The topological polar surface area (TPSA) is 0 Å². The zero-order valence-electron chi connectivity index (χ0n) is 6.74. The van der Waals surface area contributed by atoms with E-state index in [1.165, 1.54) is 0 Å². The molecule has 70 valence electrons. The first kappa shape index (κ1) is 11.2. The van der Waals surface area contributed by atoms with Crippen LogP contribution in [0.25, 0.3) is 5.03 Å². The zero-order chi connectivity index (χ0) is 10.0. The van der Waals surface area contributed by atoms with Gasteiger partial charge in [-0.3, -0.25) is 0 Å². The second-order valence-corrected chi connectivity index (χ2v) is 4.36. The summed E-state index contributed by atoms with van der Waals surface area (Å²) in [6.07, 6.45) is 0. The molecule has 0 fully saturated rings. The normalized spacial score (nSPS) is 9.92. The van der Waals surface area contributed by atoms with Gasteiger partial charge >= 0.3 is 0 Å². The average molecular weight is 256 g/mol. The van der Waals surface area contributed by atoms with Crippen molar-refractivity contribution >= 4 is 51.4 Å². The molecule has 0 atom stereocenters. The van der Waals surface area contributed by atoms with E-state index in [9.17, 15) is 0 Å². The smallest absolute Gasteiger partial charge is 0.0843 e. The lowest BCUT2D eigenvalue weighted by atomic mass is 10.1. The van der Waals surface area contributed by atoms with Crippen LogP contribution in [0.5, 0.6) is 0 Å². The van der Waals surface area contributed by atoms with E-state index in [-0.39, 0.29) is 4.49 Å². The Morgan fingerprint density at radius 3 is 2.15 bits per heavy atom. The van der Waals surface area contributed by atoms with Gasteiger partial charge in [0.05, 0.1) is 5.03 Å². The van der Waals surface area contributed by atoms with E-state index < -0.39 is 0 Å². The molecule has 0 aliphatic heterocycles. The molecule has 0 saturated heterocycles. The van der Waals surface area contributed by atoms with Crippen LogP contribution in [-0.2, 0) is 0 Å². The molecule has 0 heterocycles. The van der Waals surface area contributed by atoms with E-state index in [4.69, 9.17) is 46.4 Å². The standard InChI is InChI=1S/C9H6Cl4/c1-5-2-6(4-7(10)3-5)8(11)9(12)13/h2-4H,1H3. The second kappa shape index (κ2) is 4.56. The van der Waals surface area contributed by atoms with Crippen molar-refractivity contribution in [2.24, 2.45) is 0 Å². The Morgan fingerprint density at radius 1 is 1.08 bits per heavy atom. The Morgan fingerprint density at radius 2 is 1.69 bits per heavy atom. The van der Waals surface area contributed by atoms with Crippen LogP contribution >= 0.6 is 46.4 Å². The van der Waals surface area contributed by atoms with Crippen LogP contribution in [0.15, 0.2) is 22.7 Å². The summed E-state index contributed by atoms with van der Waals surface area (Å²) in [4.78, 5) is 0. The van der Waals surface area contributed by atoms with Crippen LogP contribution in [0.1, 0.15) is 11.1 Å². The molecule has 1 aromatic rings. The van der Waals surface area contributed by atoms with Crippen molar-refractivity contribution in [3.8, 4) is 0 Å². The van der Waals surface area contributed by atoms with Crippen LogP contribution < -0.4 is 0 Å². The molecule has 0 radical (unpaired) electrons. The molecule has 0 nitrogen and oxygen atoms in total. The van der Waals surface area contributed by atoms with E-state index in [1.807, 2.05) is 19.1 Å². The van der Waals surface area contributed by atoms with Crippen LogP contribution in [0.4, 0.5) is 0 Å². The largest absolute Gasteiger partial charge is 0.126 e. The summed E-state index contributed by atoms with van der Waals surface area (Å²) in [5, 5.41) is 0.927. The van der Waals surface area contributed by atoms with Gasteiger partial charge in [0.2, 0.25) is 0 Å². The number of hydrogen-bond donors (Lipinski definition) is 0. The Balaban J connectivity index is 3.24. The highest BCUT2D eigenvalue weighted by molar-refractivity contribution is 6.66. The van der Waals surface area contributed by atoms with Crippen molar-refractivity contribution in [1.82, 2.24) is 0 Å².